The predicted molar refractivity (Wildman–Crippen MR) is 130 cm³/mol. The van der Waals surface area contributed by atoms with Crippen LogP contribution in [0.3, 0.4) is 0 Å². The van der Waals surface area contributed by atoms with Crippen LogP contribution in [-0.4, -0.2) is 28.3 Å². The van der Waals surface area contributed by atoms with E-state index in [2.05, 4.69) is 17.4 Å². The Kier molecular flexibility index (Phi) is 5.95. The van der Waals surface area contributed by atoms with Crippen LogP contribution in [0.1, 0.15) is 72.3 Å². The molecule has 0 saturated carbocycles. The predicted octanol–water partition coefficient (Wildman–Crippen LogP) is 4.80. The molecule has 1 saturated heterocycles. The zero-order valence-electron chi connectivity index (χ0n) is 19.8. The summed E-state index contributed by atoms with van der Waals surface area (Å²) < 4.78 is 0. The molecule has 0 radical (unpaired) electrons. The van der Waals surface area contributed by atoms with Gasteiger partial charge in [0.15, 0.2) is 0 Å². The molecule has 2 atom stereocenters. The number of aryl methyl sites for hydroxylation is 2. The number of nitrogens with one attached hydrogen (secondary N) is 3. The summed E-state index contributed by atoms with van der Waals surface area (Å²) in [7, 11) is 0. The van der Waals surface area contributed by atoms with E-state index in [4.69, 9.17) is 10.8 Å². The maximum absolute atomic E-state index is 13.1. The van der Waals surface area contributed by atoms with Crippen LogP contribution in [0.25, 0.3) is 0 Å². The van der Waals surface area contributed by atoms with Gasteiger partial charge in [-0.05, 0) is 60.1 Å². The van der Waals surface area contributed by atoms with Crippen molar-refractivity contribution in [3.05, 3.63) is 70.3 Å². The second-order valence-electron chi connectivity index (χ2n) is 9.92. The van der Waals surface area contributed by atoms with Gasteiger partial charge in [0.25, 0.3) is 5.91 Å². The van der Waals surface area contributed by atoms with Gasteiger partial charge in [-0.15, -0.1) is 0 Å². The molecule has 0 unspecified atom stereocenters. The first-order valence-electron chi connectivity index (χ1n) is 11.6. The van der Waals surface area contributed by atoms with Gasteiger partial charge in [0.1, 0.15) is 5.84 Å². The highest BCUT2D eigenvalue weighted by molar-refractivity contribution is 6.45. The zero-order valence-corrected chi connectivity index (χ0v) is 19.8. The van der Waals surface area contributed by atoms with Crippen molar-refractivity contribution in [3.8, 4) is 0 Å². The van der Waals surface area contributed by atoms with E-state index in [-0.39, 0.29) is 48.3 Å². The number of amidine groups is 1. The molecule has 2 aromatic rings. The molecule has 0 aromatic heterocycles. The van der Waals surface area contributed by atoms with Crippen molar-refractivity contribution >= 4 is 23.4 Å². The maximum atomic E-state index is 13.1. The summed E-state index contributed by atoms with van der Waals surface area (Å²) in [6.45, 7) is 7.97. The number of carbonyl (C=O) groups excluding carboxylic acids is 2. The summed E-state index contributed by atoms with van der Waals surface area (Å²) in [6, 6.07) is 13.8. The molecule has 1 heterocycles. The highest BCUT2D eigenvalue weighted by atomic mass is 16.2. The van der Waals surface area contributed by atoms with Gasteiger partial charge in [0, 0.05) is 17.4 Å². The number of carbonyl (C=O) groups is 2. The maximum Gasteiger partial charge on any atom is 0.251 e. The minimum atomic E-state index is -0.625. The van der Waals surface area contributed by atoms with E-state index in [0.29, 0.717) is 5.56 Å². The normalized spacial score (nSPS) is 22.6. The quantitative estimate of drug-likeness (QED) is 0.617. The lowest BCUT2D eigenvalue weighted by Gasteiger charge is -2.42. The van der Waals surface area contributed by atoms with Crippen LogP contribution in [0.4, 0.5) is 0 Å². The molecule has 4 rings (SSSR count). The van der Waals surface area contributed by atoms with Gasteiger partial charge in [-0.3, -0.25) is 19.9 Å². The van der Waals surface area contributed by atoms with E-state index < -0.39 is 5.41 Å². The summed E-state index contributed by atoms with van der Waals surface area (Å²) in [5, 5.41) is 20.2. The number of likely N-dealkylation sites (tertiary alicyclic amines) is 1. The molecule has 0 bridgehead atoms. The van der Waals surface area contributed by atoms with Gasteiger partial charge in [-0.2, -0.15) is 0 Å². The number of hydrogen-bond donors (Lipinski definition) is 3. The van der Waals surface area contributed by atoms with E-state index in [1.165, 1.54) is 16.0 Å². The summed E-state index contributed by atoms with van der Waals surface area (Å²) in [5.74, 6) is -0.243. The zero-order chi connectivity index (χ0) is 23.9. The number of hydrogen-bond acceptors (Lipinski definition) is 4. The Morgan fingerprint density at radius 3 is 2.67 bits per heavy atom. The first-order valence-corrected chi connectivity index (χ1v) is 11.6. The fourth-order valence-electron chi connectivity index (χ4n) is 4.90. The first-order chi connectivity index (χ1) is 15.6. The van der Waals surface area contributed by atoms with Crippen LogP contribution in [0.15, 0.2) is 42.5 Å². The fraction of sp³-hybridized carbons (Fsp3) is 0.407. The van der Waals surface area contributed by atoms with Gasteiger partial charge in [-0.25, -0.2) is 0 Å². The van der Waals surface area contributed by atoms with Crippen LogP contribution in [0.5, 0.6) is 0 Å². The molecule has 6 heteroatoms. The largest absolute Gasteiger partial charge is 0.345 e. The first kappa shape index (κ1) is 22.9. The van der Waals surface area contributed by atoms with Gasteiger partial charge in [-0.1, -0.05) is 51.1 Å². The molecule has 2 amide bonds. The molecule has 33 heavy (non-hydrogen) atoms. The van der Waals surface area contributed by atoms with Gasteiger partial charge in [0.05, 0.1) is 18.3 Å². The van der Waals surface area contributed by atoms with Crippen molar-refractivity contribution in [2.24, 2.45) is 11.3 Å². The van der Waals surface area contributed by atoms with Crippen LogP contribution < -0.4 is 5.32 Å². The second-order valence-corrected chi connectivity index (χ2v) is 9.92. The van der Waals surface area contributed by atoms with Crippen LogP contribution in [0, 0.1) is 29.1 Å². The van der Waals surface area contributed by atoms with Gasteiger partial charge in [0.2, 0.25) is 5.91 Å². The van der Waals surface area contributed by atoms with E-state index in [0.717, 1.165) is 24.0 Å². The second kappa shape index (κ2) is 8.58. The van der Waals surface area contributed by atoms with E-state index in [1.807, 2.05) is 52.0 Å². The smallest absolute Gasteiger partial charge is 0.251 e. The molecule has 1 fully saturated rings. The third kappa shape index (κ3) is 4.22. The van der Waals surface area contributed by atoms with Crippen molar-refractivity contribution in [2.75, 3.05) is 0 Å². The van der Waals surface area contributed by atoms with Crippen molar-refractivity contribution in [2.45, 2.75) is 59.5 Å². The summed E-state index contributed by atoms with van der Waals surface area (Å²) >= 11 is 0. The monoisotopic (exact) mass is 444 g/mol. The van der Waals surface area contributed by atoms with Crippen LogP contribution in [-0.2, 0) is 17.8 Å². The summed E-state index contributed by atoms with van der Waals surface area (Å²) in [4.78, 5) is 27.4. The average molecular weight is 445 g/mol. The minimum absolute atomic E-state index is 0.00342. The topological polar surface area (TPSA) is 97.1 Å². The highest BCUT2D eigenvalue weighted by Gasteiger charge is 2.45. The molecule has 2 aliphatic rings. The number of amides is 2. The van der Waals surface area contributed by atoms with Gasteiger partial charge < -0.3 is 10.7 Å². The SMILES string of the molecule is Cc1cc(CN2C(=N)C(=N)[C@](C)(C(C)C)CC2=O)cc(C(=O)N[C@H]2CCc3ccccc32)c1. The molecule has 3 N–H and O–H groups in total. The Labute approximate surface area is 195 Å². The Balaban J connectivity index is 1.52. The molecule has 0 spiro atoms. The number of rotatable bonds is 5. The lowest BCUT2D eigenvalue weighted by Crippen LogP contribution is -2.54. The minimum Gasteiger partial charge on any atom is -0.345 e. The number of fused-ring (bicyclic) bond motifs is 1. The third-order valence-electron chi connectivity index (χ3n) is 7.35. The lowest BCUT2D eigenvalue weighted by atomic mass is 9.69. The standard InChI is InChI=1S/C27H32N4O2/c1-16(2)27(4)14-23(32)31(25(29)24(27)28)15-18-11-17(3)12-20(13-18)26(33)30-22-10-9-19-7-5-6-8-21(19)22/h5-8,11-13,16,22,28-29H,9-10,14-15H2,1-4H3,(H,30,33)/t22-,27-/m0/s1. The van der Waals surface area contributed by atoms with Crippen LogP contribution >= 0.6 is 0 Å². The molecular weight excluding hydrogens is 412 g/mol. The molecule has 2 aromatic carbocycles. The summed E-state index contributed by atoms with van der Waals surface area (Å²) in [5.41, 5.74) is 4.28. The Morgan fingerprint density at radius 1 is 1.21 bits per heavy atom. The number of benzene rings is 2. The molecule has 6 nitrogen and oxygen atoms in total. The number of nitrogens with zero attached hydrogens (tertiary/aromatic N) is 1. The van der Waals surface area contributed by atoms with E-state index >= 15 is 0 Å². The molecule has 172 valence electrons. The number of piperidine rings is 1. The van der Waals surface area contributed by atoms with Crippen molar-refractivity contribution in [1.29, 1.82) is 10.8 Å². The Hall–Kier alpha value is -3.28. The van der Waals surface area contributed by atoms with Crippen molar-refractivity contribution in [1.82, 2.24) is 10.2 Å². The Morgan fingerprint density at radius 2 is 1.94 bits per heavy atom. The van der Waals surface area contributed by atoms with E-state index in [9.17, 15) is 9.59 Å². The average Bonchev–Trinajstić information content (AvgIpc) is 3.17. The van der Waals surface area contributed by atoms with Crippen molar-refractivity contribution in [3.63, 3.8) is 0 Å². The van der Waals surface area contributed by atoms with Gasteiger partial charge >= 0.3 is 0 Å². The van der Waals surface area contributed by atoms with Crippen molar-refractivity contribution < 1.29 is 9.59 Å². The molecule has 1 aliphatic heterocycles. The highest BCUT2D eigenvalue weighted by Crippen LogP contribution is 2.37. The van der Waals surface area contributed by atoms with Crippen LogP contribution in [0.2, 0.25) is 0 Å². The molecule has 1 aliphatic carbocycles. The fourth-order valence-corrected chi connectivity index (χ4v) is 4.90. The molecular formula is C27H32N4O2. The third-order valence-corrected chi connectivity index (χ3v) is 7.35. The summed E-state index contributed by atoms with van der Waals surface area (Å²) in [6.07, 6.45) is 2.06. The Bertz CT molecular complexity index is 1150. The lowest BCUT2D eigenvalue weighted by molar-refractivity contribution is -0.130. The van der Waals surface area contributed by atoms with E-state index in [1.54, 1.807) is 6.07 Å².